The number of aliphatic hydroxyl groups is 1. The fourth-order valence-corrected chi connectivity index (χ4v) is 6.14. The third kappa shape index (κ3) is 6.71. The molecule has 2 aromatic carbocycles. The fraction of sp³-hybridized carbons (Fsp3) is 0.484. The molecule has 1 unspecified atom stereocenters. The number of pyridine rings is 1. The average molecular weight is 557 g/mol. The van der Waals surface area contributed by atoms with Gasteiger partial charge in [0, 0.05) is 17.5 Å². The quantitative estimate of drug-likeness (QED) is 0.307. The highest BCUT2D eigenvalue weighted by molar-refractivity contribution is 6.30. The van der Waals surface area contributed by atoms with E-state index in [1.54, 1.807) is 6.07 Å². The molecule has 0 bridgehead atoms. The highest BCUT2D eigenvalue weighted by Crippen LogP contribution is 2.39. The van der Waals surface area contributed by atoms with E-state index in [1.807, 2.05) is 32.3 Å². The van der Waals surface area contributed by atoms with Crippen molar-refractivity contribution in [2.24, 2.45) is 11.7 Å². The van der Waals surface area contributed by atoms with E-state index in [1.165, 1.54) is 12.1 Å². The molecule has 1 heterocycles. The number of carbonyl (C=O) groups excluding carboxylic acids is 1. The number of amides is 1. The number of quaternary nitrogens is 1. The topological polar surface area (TPSA) is 85.4 Å². The van der Waals surface area contributed by atoms with Crippen LogP contribution in [-0.2, 0) is 17.6 Å². The molecule has 6 nitrogen and oxygen atoms in total. The number of halogens is 2. The van der Waals surface area contributed by atoms with E-state index >= 15 is 0 Å². The second-order valence-corrected chi connectivity index (χ2v) is 11.9. The van der Waals surface area contributed by atoms with Crippen LogP contribution in [-0.4, -0.2) is 59.4 Å². The summed E-state index contributed by atoms with van der Waals surface area (Å²) in [4.78, 5) is 17.4. The zero-order chi connectivity index (χ0) is 28.2. The first-order valence-electron chi connectivity index (χ1n) is 13.8. The van der Waals surface area contributed by atoms with Gasteiger partial charge in [0.15, 0.2) is 5.60 Å². The molecule has 1 amide bonds. The molecule has 0 aliphatic heterocycles. The number of hydrogen-bond acceptors (Lipinski definition) is 4. The number of aryl methyl sites for hydroxylation is 1. The van der Waals surface area contributed by atoms with Crippen molar-refractivity contribution < 1.29 is 23.5 Å². The molecule has 3 atom stereocenters. The van der Waals surface area contributed by atoms with Crippen LogP contribution in [0.25, 0.3) is 10.8 Å². The lowest BCUT2D eigenvalue weighted by Crippen LogP contribution is -2.68. The van der Waals surface area contributed by atoms with Crippen molar-refractivity contribution in [3.05, 3.63) is 70.6 Å². The number of aromatic nitrogens is 1. The number of unbranched alkanes of at least 4 members (excludes halogenated alkanes) is 1. The zero-order valence-corrected chi connectivity index (χ0v) is 23.9. The molecule has 1 saturated carbocycles. The van der Waals surface area contributed by atoms with Crippen molar-refractivity contribution in [3.8, 4) is 5.88 Å². The summed E-state index contributed by atoms with van der Waals surface area (Å²) >= 11 is 5.82. The van der Waals surface area contributed by atoms with Gasteiger partial charge >= 0.3 is 0 Å². The van der Waals surface area contributed by atoms with Crippen LogP contribution < -0.4 is 10.5 Å². The summed E-state index contributed by atoms with van der Waals surface area (Å²) in [5.41, 5.74) is 5.93. The Hall–Kier alpha value is -2.74. The largest absolute Gasteiger partial charge is 0.471 e. The molecular formula is C31H40ClFN3O3+. The maximum Gasteiger partial charge on any atom is 0.255 e. The predicted molar refractivity (Wildman–Crippen MR) is 153 cm³/mol. The Morgan fingerprint density at radius 2 is 2.00 bits per heavy atom. The molecule has 1 aliphatic carbocycles. The number of benzene rings is 2. The minimum Gasteiger partial charge on any atom is -0.471 e. The van der Waals surface area contributed by atoms with Crippen LogP contribution in [0.1, 0.15) is 50.3 Å². The van der Waals surface area contributed by atoms with Crippen LogP contribution in [0.4, 0.5) is 4.39 Å². The molecule has 3 aromatic rings. The lowest BCUT2D eigenvalue weighted by Gasteiger charge is -2.49. The molecule has 4 rings (SSSR count). The van der Waals surface area contributed by atoms with Gasteiger partial charge in [-0.2, -0.15) is 0 Å². The molecule has 0 saturated heterocycles. The average Bonchev–Trinajstić information content (AvgIpc) is 2.89. The smallest absolute Gasteiger partial charge is 0.255 e. The van der Waals surface area contributed by atoms with Crippen LogP contribution in [0.3, 0.4) is 0 Å². The van der Waals surface area contributed by atoms with Crippen LogP contribution in [0.15, 0.2) is 48.5 Å². The first-order chi connectivity index (χ1) is 18.5. The predicted octanol–water partition coefficient (Wildman–Crippen LogP) is 5.45. The normalized spacial score (nSPS) is 21.7. The van der Waals surface area contributed by atoms with Crippen LogP contribution in [0.2, 0.25) is 5.02 Å². The first kappa shape index (κ1) is 29.2. The second kappa shape index (κ2) is 12.2. The Labute approximate surface area is 235 Å². The van der Waals surface area contributed by atoms with Gasteiger partial charge in [0.1, 0.15) is 25.0 Å². The number of nitrogens with zero attached hydrogens (tertiary/aromatic N) is 2. The minimum absolute atomic E-state index is 0.00278. The number of fused-ring (bicyclic) bond motifs is 1. The number of rotatable bonds is 11. The number of ether oxygens (including phenoxy) is 1. The standard InChI is InChI=1S/C31H39ClFN3O3/c1-4-5-9-24-19-23-8-6-7-10-25(23)29(35-24)39-16-15-36(2,3)28-14-12-22(20-31(28,38)30(34)37)17-21-11-13-26(32)27(33)18-21/h6-8,10-11,13,18-19,22,28,38H,4-5,9,12,14-17,20H2,1-3H3,(H-,34,37)/p+1/t22?,28-,31-/m0/s1. The van der Waals surface area contributed by atoms with Gasteiger partial charge in [-0.05, 0) is 73.2 Å². The zero-order valence-electron chi connectivity index (χ0n) is 23.1. The van der Waals surface area contributed by atoms with E-state index in [0.29, 0.717) is 36.4 Å². The third-order valence-electron chi connectivity index (χ3n) is 8.23. The Morgan fingerprint density at radius 3 is 2.72 bits per heavy atom. The van der Waals surface area contributed by atoms with E-state index in [2.05, 4.69) is 19.1 Å². The van der Waals surface area contributed by atoms with E-state index in [-0.39, 0.29) is 17.4 Å². The van der Waals surface area contributed by atoms with E-state index in [9.17, 15) is 14.3 Å². The Kier molecular flexibility index (Phi) is 9.14. The summed E-state index contributed by atoms with van der Waals surface area (Å²) < 4.78 is 20.6. The van der Waals surface area contributed by atoms with Gasteiger partial charge in [0.05, 0.1) is 19.1 Å². The van der Waals surface area contributed by atoms with Crippen molar-refractivity contribution >= 4 is 28.3 Å². The van der Waals surface area contributed by atoms with Crippen molar-refractivity contribution in [3.63, 3.8) is 0 Å². The number of likely N-dealkylation sites (N-methyl/N-ethyl adjacent to an activating group) is 1. The second-order valence-electron chi connectivity index (χ2n) is 11.5. The summed E-state index contributed by atoms with van der Waals surface area (Å²) in [5, 5.41) is 13.8. The van der Waals surface area contributed by atoms with Gasteiger partial charge in [0.2, 0.25) is 5.88 Å². The molecule has 3 N–H and O–H groups in total. The van der Waals surface area contributed by atoms with Crippen LogP contribution in [0, 0.1) is 11.7 Å². The Morgan fingerprint density at radius 1 is 1.23 bits per heavy atom. The van der Waals surface area contributed by atoms with Gasteiger partial charge in [0.25, 0.3) is 5.91 Å². The number of primary amides is 1. The fourth-order valence-electron chi connectivity index (χ4n) is 6.03. The summed E-state index contributed by atoms with van der Waals surface area (Å²) in [7, 11) is 4.00. The third-order valence-corrected chi connectivity index (χ3v) is 8.54. The highest BCUT2D eigenvalue weighted by Gasteiger charge is 2.54. The van der Waals surface area contributed by atoms with Gasteiger partial charge in [-0.1, -0.05) is 49.2 Å². The molecular weight excluding hydrogens is 517 g/mol. The first-order valence-corrected chi connectivity index (χ1v) is 14.2. The molecule has 0 spiro atoms. The van der Waals surface area contributed by atoms with Crippen LogP contribution >= 0.6 is 11.6 Å². The maximum atomic E-state index is 14.0. The van der Waals surface area contributed by atoms with Gasteiger partial charge in [-0.3, -0.25) is 4.79 Å². The van der Waals surface area contributed by atoms with Crippen molar-refractivity contribution in [1.29, 1.82) is 0 Å². The van der Waals surface area contributed by atoms with Gasteiger partial charge < -0.3 is 20.1 Å². The molecule has 8 heteroatoms. The lowest BCUT2D eigenvalue weighted by atomic mass is 9.71. The summed E-state index contributed by atoms with van der Waals surface area (Å²) in [5.74, 6) is -0.577. The molecule has 210 valence electrons. The van der Waals surface area contributed by atoms with Gasteiger partial charge in [-0.15, -0.1) is 0 Å². The lowest BCUT2D eigenvalue weighted by molar-refractivity contribution is -0.922. The highest BCUT2D eigenvalue weighted by atomic mass is 35.5. The van der Waals surface area contributed by atoms with Crippen molar-refractivity contribution in [1.82, 2.24) is 4.98 Å². The van der Waals surface area contributed by atoms with E-state index < -0.39 is 23.4 Å². The van der Waals surface area contributed by atoms with E-state index in [4.69, 9.17) is 27.1 Å². The molecule has 0 radical (unpaired) electrons. The van der Waals surface area contributed by atoms with E-state index in [0.717, 1.165) is 47.7 Å². The van der Waals surface area contributed by atoms with Crippen LogP contribution in [0.5, 0.6) is 5.88 Å². The Balaban J connectivity index is 1.45. The SMILES string of the molecule is CCCCc1cc2ccccc2c(OCC[N+](C)(C)[C@H]2CCC(Cc3ccc(Cl)c(F)c3)C[C@@]2(O)C(N)=O)n1. The van der Waals surface area contributed by atoms with Crippen molar-refractivity contribution in [2.75, 3.05) is 27.2 Å². The summed E-state index contributed by atoms with van der Waals surface area (Å²) in [6.07, 6.45) is 5.23. The number of nitrogens with two attached hydrogens (primary N) is 1. The number of hydrogen-bond donors (Lipinski definition) is 2. The molecule has 1 aromatic heterocycles. The molecule has 1 aliphatic rings. The summed E-state index contributed by atoms with van der Waals surface area (Å²) in [6, 6.07) is 14.6. The Bertz CT molecular complexity index is 1320. The monoisotopic (exact) mass is 556 g/mol. The van der Waals surface area contributed by atoms with Crippen molar-refractivity contribution in [2.45, 2.75) is 63.5 Å². The molecule has 39 heavy (non-hydrogen) atoms. The number of carbonyl (C=O) groups is 1. The maximum absolute atomic E-state index is 14.0. The molecule has 1 fully saturated rings. The van der Waals surface area contributed by atoms with Gasteiger partial charge in [-0.25, -0.2) is 9.37 Å². The minimum atomic E-state index is -1.68. The summed E-state index contributed by atoms with van der Waals surface area (Å²) in [6.45, 7) is 3.10.